The van der Waals surface area contributed by atoms with E-state index in [9.17, 15) is 4.79 Å². The quantitative estimate of drug-likeness (QED) is 0.533. The zero-order valence-electron chi connectivity index (χ0n) is 16.5. The van der Waals surface area contributed by atoms with Gasteiger partial charge in [0.1, 0.15) is 17.8 Å². The second kappa shape index (κ2) is 7.26. The number of hydrogen-bond donors (Lipinski definition) is 1. The number of nitrogens with zero attached hydrogens (tertiary/aromatic N) is 5. The van der Waals surface area contributed by atoms with Gasteiger partial charge in [-0.2, -0.15) is 0 Å². The minimum absolute atomic E-state index is 0.0377. The van der Waals surface area contributed by atoms with Crippen LogP contribution in [0.25, 0.3) is 33.1 Å². The van der Waals surface area contributed by atoms with Crippen molar-refractivity contribution >= 4 is 33.7 Å². The Labute approximate surface area is 173 Å². The van der Waals surface area contributed by atoms with Crippen LogP contribution >= 0.6 is 0 Å². The molecule has 0 radical (unpaired) electrons. The molecule has 30 heavy (non-hydrogen) atoms. The Hall–Kier alpha value is -3.74. The molecule has 7 nitrogen and oxygen atoms in total. The maximum atomic E-state index is 12.2. The minimum Gasteiger partial charge on any atom is -0.383 e. The van der Waals surface area contributed by atoms with E-state index in [0.29, 0.717) is 12.4 Å². The molecule has 1 saturated heterocycles. The average Bonchev–Trinajstić information content (AvgIpc) is 3.19. The number of carbonyl (C=O) groups is 1. The number of para-hydroxylation sites is 1. The summed E-state index contributed by atoms with van der Waals surface area (Å²) in [7, 11) is 0. The molecule has 1 aliphatic heterocycles. The molecule has 0 aliphatic carbocycles. The second-order valence-electron chi connectivity index (χ2n) is 7.61. The van der Waals surface area contributed by atoms with Crippen molar-refractivity contribution in [3.8, 4) is 11.1 Å². The number of amides is 1. The lowest BCUT2D eigenvalue weighted by Crippen LogP contribution is -2.39. The van der Waals surface area contributed by atoms with Gasteiger partial charge in [-0.3, -0.25) is 9.78 Å². The fourth-order valence-corrected chi connectivity index (χ4v) is 4.33. The molecule has 0 unspecified atom stereocenters. The lowest BCUT2D eigenvalue weighted by Gasteiger charge is -2.33. The van der Waals surface area contributed by atoms with Gasteiger partial charge in [0.25, 0.3) is 0 Å². The molecule has 0 spiro atoms. The van der Waals surface area contributed by atoms with Gasteiger partial charge < -0.3 is 15.2 Å². The number of piperidine rings is 1. The van der Waals surface area contributed by atoms with E-state index in [1.165, 1.54) is 12.4 Å². The number of nitrogen functional groups attached to an aromatic ring is 1. The van der Waals surface area contributed by atoms with Gasteiger partial charge in [0.15, 0.2) is 0 Å². The van der Waals surface area contributed by atoms with Gasteiger partial charge >= 0.3 is 0 Å². The Morgan fingerprint density at radius 3 is 2.97 bits per heavy atom. The third kappa shape index (κ3) is 2.99. The number of aromatic nitrogens is 4. The van der Waals surface area contributed by atoms with Crippen LogP contribution in [0.4, 0.5) is 5.82 Å². The van der Waals surface area contributed by atoms with Crippen LogP contribution in [-0.4, -0.2) is 43.4 Å². The number of benzene rings is 1. The molecule has 1 amide bonds. The fraction of sp³-hybridized carbons (Fsp3) is 0.217. The van der Waals surface area contributed by atoms with Gasteiger partial charge in [-0.15, -0.1) is 0 Å². The van der Waals surface area contributed by atoms with E-state index in [1.54, 1.807) is 0 Å². The fourth-order valence-electron chi connectivity index (χ4n) is 4.33. The third-order valence-electron chi connectivity index (χ3n) is 5.82. The van der Waals surface area contributed by atoms with Gasteiger partial charge in [-0.25, -0.2) is 9.97 Å². The number of pyridine rings is 1. The number of anilines is 1. The summed E-state index contributed by atoms with van der Waals surface area (Å²) in [5.41, 5.74) is 9.93. The average molecular weight is 398 g/mol. The van der Waals surface area contributed by atoms with E-state index < -0.39 is 0 Å². The van der Waals surface area contributed by atoms with Gasteiger partial charge in [-0.1, -0.05) is 24.8 Å². The number of carbonyl (C=O) groups excluding carboxylic acids is 1. The number of hydrogen-bond acceptors (Lipinski definition) is 5. The summed E-state index contributed by atoms with van der Waals surface area (Å²) in [6.07, 6.45) is 8.70. The van der Waals surface area contributed by atoms with Crippen molar-refractivity contribution in [1.82, 2.24) is 24.4 Å². The molecule has 0 saturated carbocycles. The molecule has 1 atom stereocenters. The highest BCUT2D eigenvalue weighted by Gasteiger charge is 2.26. The van der Waals surface area contributed by atoms with Crippen molar-refractivity contribution in [2.75, 3.05) is 18.8 Å². The molecule has 1 aliphatic rings. The van der Waals surface area contributed by atoms with E-state index >= 15 is 0 Å². The molecule has 150 valence electrons. The van der Waals surface area contributed by atoms with Crippen molar-refractivity contribution in [1.29, 1.82) is 0 Å². The third-order valence-corrected chi connectivity index (χ3v) is 5.82. The lowest BCUT2D eigenvalue weighted by atomic mass is 10.1. The van der Waals surface area contributed by atoms with E-state index in [4.69, 9.17) is 5.73 Å². The van der Waals surface area contributed by atoms with Crippen molar-refractivity contribution in [2.45, 2.75) is 18.9 Å². The van der Waals surface area contributed by atoms with Crippen LogP contribution < -0.4 is 5.73 Å². The Kier molecular flexibility index (Phi) is 4.43. The van der Waals surface area contributed by atoms with Crippen molar-refractivity contribution in [3.05, 3.63) is 61.7 Å². The number of rotatable bonds is 3. The van der Waals surface area contributed by atoms with Crippen molar-refractivity contribution < 1.29 is 4.79 Å². The number of fused-ring (bicyclic) bond motifs is 2. The zero-order valence-corrected chi connectivity index (χ0v) is 16.5. The van der Waals surface area contributed by atoms with Crippen LogP contribution in [0.1, 0.15) is 18.9 Å². The largest absolute Gasteiger partial charge is 0.383 e. The van der Waals surface area contributed by atoms with Gasteiger partial charge in [-0.05, 0) is 31.1 Å². The normalized spacial score (nSPS) is 16.8. The summed E-state index contributed by atoms with van der Waals surface area (Å²) in [5, 5.41) is 1.88. The summed E-state index contributed by atoms with van der Waals surface area (Å²) < 4.78 is 2.14. The first-order valence-corrected chi connectivity index (χ1v) is 10.0. The smallest absolute Gasteiger partial charge is 0.246 e. The molecule has 4 heterocycles. The highest BCUT2D eigenvalue weighted by molar-refractivity contribution is 6.01. The van der Waals surface area contributed by atoms with Gasteiger partial charge in [0.2, 0.25) is 5.91 Å². The molecular formula is C23H22N6O. The van der Waals surface area contributed by atoms with Crippen LogP contribution in [0, 0.1) is 0 Å². The van der Waals surface area contributed by atoms with E-state index in [0.717, 1.165) is 52.4 Å². The summed E-state index contributed by atoms with van der Waals surface area (Å²) >= 11 is 0. The standard InChI is InChI=1S/C23H22N6O/c1-2-20(30)28-9-5-7-17(12-28)29-13-18(21-22(24)26-14-27-23(21)29)16-10-15-6-3-4-8-19(15)25-11-16/h2-4,6,8,10-11,13-14,17H,1,5,7,9,12H2,(H2,24,26,27)/t17-/m0/s1. The minimum atomic E-state index is -0.0377. The van der Waals surface area contributed by atoms with Crippen LogP contribution in [0.15, 0.2) is 61.7 Å². The molecule has 1 fully saturated rings. The topological polar surface area (TPSA) is 89.9 Å². The highest BCUT2D eigenvalue weighted by atomic mass is 16.2. The predicted molar refractivity (Wildman–Crippen MR) is 118 cm³/mol. The van der Waals surface area contributed by atoms with Crippen LogP contribution in [0.5, 0.6) is 0 Å². The Balaban J connectivity index is 1.65. The molecule has 7 heteroatoms. The van der Waals surface area contributed by atoms with Crippen LogP contribution in [0.3, 0.4) is 0 Å². The van der Waals surface area contributed by atoms with Crippen LogP contribution in [-0.2, 0) is 4.79 Å². The number of nitrogens with two attached hydrogens (primary N) is 1. The van der Waals surface area contributed by atoms with Gasteiger partial charge in [0.05, 0.1) is 16.9 Å². The maximum Gasteiger partial charge on any atom is 0.246 e. The monoisotopic (exact) mass is 398 g/mol. The first-order valence-electron chi connectivity index (χ1n) is 10.0. The maximum absolute atomic E-state index is 12.2. The molecule has 4 aromatic rings. The molecular weight excluding hydrogens is 376 g/mol. The van der Waals surface area contributed by atoms with Crippen molar-refractivity contribution in [2.24, 2.45) is 0 Å². The van der Waals surface area contributed by atoms with E-state index in [1.807, 2.05) is 35.4 Å². The van der Waals surface area contributed by atoms with E-state index in [-0.39, 0.29) is 11.9 Å². The highest BCUT2D eigenvalue weighted by Crippen LogP contribution is 2.36. The Bertz CT molecular complexity index is 1280. The molecule has 5 rings (SSSR count). The number of likely N-dealkylation sites (tertiary alicyclic amines) is 1. The zero-order chi connectivity index (χ0) is 20.7. The lowest BCUT2D eigenvalue weighted by molar-refractivity contribution is -0.127. The molecule has 3 aromatic heterocycles. The molecule has 1 aromatic carbocycles. The Morgan fingerprint density at radius 1 is 1.23 bits per heavy atom. The molecule has 2 N–H and O–H groups in total. The van der Waals surface area contributed by atoms with Crippen molar-refractivity contribution in [3.63, 3.8) is 0 Å². The Morgan fingerprint density at radius 2 is 2.10 bits per heavy atom. The van der Waals surface area contributed by atoms with E-state index in [2.05, 4.69) is 38.4 Å². The van der Waals surface area contributed by atoms with Crippen LogP contribution in [0.2, 0.25) is 0 Å². The first kappa shape index (κ1) is 18.3. The first-order chi connectivity index (χ1) is 14.7. The SMILES string of the molecule is C=CC(=O)N1CCC[C@H](n2cc(-c3cnc4ccccc4c3)c3c(N)ncnc32)C1. The van der Waals surface area contributed by atoms with Gasteiger partial charge in [0, 0.05) is 42.0 Å². The summed E-state index contributed by atoms with van der Waals surface area (Å²) in [6, 6.07) is 10.2. The second-order valence-corrected chi connectivity index (χ2v) is 7.61. The summed E-state index contributed by atoms with van der Waals surface area (Å²) in [5.74, 6) is 0.404. The predicted octanol–water partition coefficient (Wildman–Crippen LogP) is 3.58. The summed E-state index contributed by atoms with van der Waals surface area (Å²) in [6.45, 7) is 4.99. The molecule has 0 bridgehead atoms. The summed E-state index contributed by atoms with van der Waals surface area (Å²) in [4.78, 5) is 27.4.